The third-order valence-corrected chi connectivity index (χ3v) is 7.92. The molecule has 154 valence electrons. The van der Waals surface area contributed by atoms with Crippen LogP contribution in [-0.4, -0.2) is 33.8 Å². The van der Waals surface area contributed by atoms with Crippen LogP contribution in [0.3, 0.4) is 0 Å². The summed E-state index contributed by atoms with van der Waals surface area (Å²) in [5, 5.41) is 6.17. The minimum absolute atomic E-state index is 0.0989. The molecule has 2 aromatic heterocycles. The first kappa shape index (κ1) is 18.6. The van der Waals surface area contributed by atoms with Crippen LogP contribution in [0.5, 0.6) is 0 Å². The van der Waals surface area contributed by atoms with Crippen LogP contribution >= 0.6 is 0 Å². The van der Waals surface area contributed by atoms with Gasteiger partial charge in [0.25, 0.3) is 11.8 Å². The van der Waals surface area contributed by atoms with Crippen molar-refractivity contribution in [2.75, 3.05) is 6.54 Å². The number of carbonyl (C=O) groups is 2. The molecule has 6 rings (SSSR count). The number of rotatable bonds is 5. The molecule has 3 atom stereocenters. The molecule has 4 aliphatic rings. The fourth-order valence-electron chi connectivity index (χ4n) is 5.64. The third-order valence-electron chi connectivity index (χ3n) is 7.92. The van der Waals surface area contributed by atoms with Gasteiger partial charge in [0.1, 0.15) is 17.0 Å². The van der Waals surface area contributed by atoms with Crippen LogP contribution in [0.4, 0.5) is 0 Å². The number of pyridine rings is 1. The molecule has 0 unspecified atom stereocenters. The number of aromatic nitrogens is 2. The molecule has 29 heavy (non-hydrogen) atoms. The van der Waals surface area contributed by atoms with Gasteiger partial charge in [-0.2, -0.15) is 0 Å². The lowest BCUT2D eigenvalue weighted by Crippen LogP contribution is -2.54. The zero-order valence-corrected chi connectivity index (χ0v) is 17.3. The predicted octanol–water partition coefficient (Wildman–Crippen LogP) is 3.42. The van der Waals surface area contributed by atoms with E-state index in [1.807, 2.05) is 12.1 Å². The van der Waals surface area contributed by atoms with Gasteiger partial charge >= 0.3 is 0 Å². The number of carbonyl (C=O) groups excluding carboxylic acids is 2. The number of imidazole rings is 1. The maximum atomic E-state index is 12.9. The summed E-state index contributed by atoms with van der Waals surface area (Å²) < 4.78 is 1.73. The molecule has 2 amide bonds. The Kier molecular flexibility index (Phi) is 4.41. The molecule has 2 aromatic rings. The maximum Gasteiger partial charge on any atom is 0.271 e. The van der Waals surface area contributed by atoms with Gasteiger partial charge in [-0.15, -0.1) is 0 Å². The molecule has 0 saturated heterocycles. The maximum absolute atomic E-state index is 12.9. The van der Waals surface area contributed by atoms with E-state index >= 15 is 0 Å². The molecule has 6 heteroatoms. The Morgan fingerprint density at radius 1 is 1.17 bits per heavy atom. The monoisotopic (exact) mass is 394 g/mol. The van der Waals surface area contributed by atoms with Crippen molar-refractivity contribution in [1.29, 1.82) is 0 Å². The van der Waals surface area contributed by atoms with Gasteiger partial charge in [-0.25, -0.2) is 4.98 Å². The summed E-state index contributed by atoms with van der Waals surface area (Å²) in [5.41, 5.74) is 1.93. The van der Waals surface area contributed by atoms with Gasteiger partial charge in [-0.05, 0) is 73.8 Å². The Morgan fingerprint density at radius 2 is 2.00 bits per heavy atom. The molecule has 2 bridgehead atoms. The Bertz CT molecular complexity index is 957. The summed E-state index contributed by atoms with van der Waals surface area (Å²) in [6.07, 6.45) is 8.71. The largest absolute Gasteiger partial charge is 0.350 e. The van der Waals surface area contributed by atoms with E-state index < -0.39 is 0 Å². The van der Waals surface area contributed by atoms with Crippen molar-refractivity contribution in [1.82, 2.24) is 20.0 Å². The fourth-order valence-corrected chi connectivity index (χ4v) is 5.64. The predicted molar refractivity (Wildman–Crippen MR) is 111 cm³/mol. The molecule has 2 heterocycles. The Morgan fingerprint density at radius 3 is 2.69 bits per heavy atom. The summed E-state index contributed by atoms with van der Waals surface area (Å²) >= 11 is 0. The second-order valence-electron chi connectivity index (χ2n) is 9.77. The van der Waals surface area contributed by atoms with E-state index in [0.29, 0.717) is 34.3 Å². The highest BCUT2D eigenvalue weighted by atomic mass is 16.2. The van der Waals surface area contributed by atoms with Gasteiger partial charge < -0.3 is 10.6 Å². The van der Waals surface area contributed by atoms with Crippen molar-refractivity contribution >= 4 is 17.5 Å². The van der Waals surface area contributed by atoms with Crippen molar-refractivity contribution in [2.45, 2.75) is 58.4 Å². The van der Waals surface area contributed by atoms with Crippen molar-refractivity contribution in [3.8, 4) is 0 Å². The van der Waals surface area contributed by atoms with Crippen LogP contribution in [0, 0.1) is 23.2 Å². The highest BCUT2D eigenvalue weighted by Gasteiger charge is 2.53. The van der Waals surface area contributed by atoms with Gasteiger partial charge in [0.2, 0.25) is 0 Å². The molecular formula is C23H30N4O2. The SMILES string of the molecule is CC1(C)[C@H]2CC[C@@H](CNC(=O)c3cccc4nc(C(=O)NC5CCC5)cn34)[C@@H]1C2. The Labute approximate surface area is 171 Å². The Hall–Kier alpha value is -2.37. The van der Waals surface area contributed by atoms with Crippen molar-refractivity contribution < 1.29 is 9.59 Å². The number of fused-ring (bicyclic) bond motifs is 3. The van der Waals surface area contributed by atoms with Gasteiger partial charge in [0.15, 0.2) is 0 Å². The Balaban J connectivity index is 1.29. The van der Waals surface area contributed by atoms with Crippen LogP contribution in [0.15, 0.2) is 24.4 Å². The molecule has 0 aromatic carbocycles. The second kappa shape index (κ2) is 6.85. The number of hydrogen-bond donors (Lipinski definition) is 2. The molecule has 2 N–H and O–H groups in total. The minimum Gasteiger partial charge on any atom is -0.350 e. The summed E-state index contributed by atoms with van der Waals surface area (Å²) in [5.74, 6) is 1.88. The number of hydrogen-bond acceptors (Lipinski definition) is 3. The molecule has 0 radical (unpaired) electrons. The first-order valence-corrected chi connectivity index (χ1v) is 11.0. The summed E-state index contributed by atoms with van der Waals surface area (Å²) in [4.78, 5) is 29.8. The van der Waals surface area contributed by atoms with Gasteiger partial charge in [-0.1, -0.05) is 19.9 Å². The lowest BCUT2D eigenvalue weighted by molar-refractivity contribution is -0.103. The molecule has 4 aliphatic carbocycles. The third kappa shape index (κ3) is 3.13. The minimum atomic E-state index is -0.159. The lowest BCUT2D eigenvalue weighted by atomic mass is 9.45. The standard InChI is InChI=1S/C23H30N4O2/c1-23(2)15-10-9-14(17(23)11-15)12-24-22(29)19-7-4-8-20-26-18(13-27(19)20)21(28)25-16-5-3-6-16/h4,7-8,13-17H,3,5-6,9-12H2,1-2H3,(H,24,29)(H,25,28)/t14-,15-,17-/m0/s1. The van der Waals surface area contributed by atoms with Crippen LogP contribution in [0.25, 0.3) is 5.65 Å². The number of nitrogens with zero attached hydrogens (tertiary/aromatic N) is 2. The second-order valence-corrected chi connectivity index (χ2v) is 9.77. The summed E-state index contributed by atoms with van der Waals surface area (Å²) in [7, 11) is 0. The molecule has 0 spiro atoms. The van der Waals surface area contributed by atoms with E-state index in [9.17, 15) is 9.59 Å². The first-order valence-electron chi connectivity index (χ1n) is 11.0. The molecule has 0 aliphatic heterocycles. The highest BCUT2D eigenvalue weighted by Crippen LogP contribution is 2.61. The summed E-state index contributed by atoms with van der Waals surface area (Å²) in [6.45, 7) is 5.48. The zero-order valence-electron chi connectivity index (χ0n) is 17.3. The lowest BCUT2D eigenvalue weighted by Gasteiger charge is -2.60. The van der Waals surface area contributed by atoms with E-state index in [4.69, 9.17) is 0 Å². The van der Waals surface area contributed by atoms with E-state index in [1.54, 1.807) is 16.7 Å². The van der Waals surface area contributed by atoms with Crippen LogP contribution in [0.1, 0.15) is 73.3 Å². The number of amides is 2. The molecule has 4 saturated carbocycles. The van der Waals surface area contributed by atoms with Crippen molar-refractivity contribution in [2.24, 2.45) is 23.2 Å². The van der Waals surface area contributed by atoms with E-state index in [1.165, 1.54) is 25.7 Å². The van der Waals surface area contributed by atoms with E-state index in [2.05, 4.69) is 29.5 Å². The molecule has 4 fully saturated rings. The van der Waals surface area contributed by atoms with Crippen molar-refractivity contribution in [3.05, 3.63) is 35.8 Å². The molecule has 6 nitrogen and oxygen atoms in total. The quantitative estimate of drug-likeness (QED) is 0.816. The van der Waals surface area contributed by atoms with Crippen LogP contribution in [-0.2, 0) is 0 Å². The van der Waals surface area contributed by atoms with Gasteiger partial charge in [0, 0.05) is 18.8 Å². The van der Waals surface area contributed by atoms with E-state index in [0.717, 1.165) is 25.3 Å². The average molecular weight is 395 g/mol. The number of nitrogens with one attached hydrogen (secondary N) is 2. The first-order chi connectivity index (χ1) is 13.9. The average Bonchev–Trinajstić information content (AvgIpc) is 3.13. The molecular weight excluding hydrogens is 364 g/mol. The van der Waals surface area contributed by atoms with Gasteiger partial charge in [-0.3, -0.25) is 14.0 Å². The van der Waals surface area contributed by atoms with Crippen LogP contribution in [0.2, 0.25) is 0 Å². The smallest absolute Gasteiger partial charge is 0.271 e. The summed E-state index contributed by atoms with van der Waals surface area (Å²) in [6, 6.07) is 5.71. The topological polar surface area (TPSA) is 75.5 Å². The highest BCUT2D eigenvalue weighted by molar-refractivity contribution is 5.95. The van der Waals surface area contributed by atoms with E-state index in [-0.39, 0.29) is 17.9 Å². The van der Waals surface area contributed by atoms with Crippen LogP contribution < -0.4 is 10.6 Å². The van der Waals surface area contributed by atoms with Gasteiger partial charge in [0.05, 0.1) is 0 Å². The normalized spacial score (nSPS) is 27.7. The fraction of sp³-hybridized carbons (Fsp3) is 0.609. The zero-order chi connectivity index (χ0) is 20.2. The van der Waals surface area contributed by atoms with Crippen molar-refractivity contribution in [3.63, 3.8) is 0 Å².